The van der Waals surface area contributed by atoms with Crippen molar-refractivity contribution < 1.29 is 0 Å². The van der Waals surface area contributed by atoms with Crippen molar-refractivity contribution in [2.75, 3.05) is 25.1 Å². The highest BCUT2D eigenvalue weighted by atomic mass is 127. The van der Waals surface area contributed by atoms with E-state index < -0.39 is 0 Å². The average molecular weight is 399 g/mol. The van der Waals surface area contributed by atoms with Crippen molar-refractivity contribution in [2.45, 2.75) is 20.4 Å². The lowest BCUT2D eigenvalue weighted by Gasteiger charge is -2.10. The number of aliphatic imine (C=N–C) groups is 1. The molecule has 3 nitrogen and oxygen atoms in total. The van der Waals surface area contributed by atoms with Crippen molar-refractivity contribution in [1.82, 2.24) is 10.6 Å². The first-order valence-electron chi connectivity index (χ1n) is 5.82. The Bertz CT molecular complexity index is 353. The molecule has 0 spiro atoms. The molecular weight excluding hydrogens is 377 g/mol. The summed E-state index contributed by atoms with van der Waals surface area (Å²) < 4.78 is 0. The van der Waals surface area contributed by atoms with Crippen LogP contribution < -0.4 is 10.6 Å². The van der Waals surface area contributed by atoms with Crippen LogP contribution in [-0.2, 0) is 6.54 Å². The summed E-state index contributed by atoms with van der Waals surface area (Å²) in [5.74, 6) is 2.01. The molecule has 0 fully saturated rings. The van der Waals surface area contributed by atoms with E-state index in [9.17, 15) is 0 Å². The molecule has 0 aliphatic heterocycles. The number of thioether (sulfide) groups is 1. The first-order valence-corrected chi connectivity index (χ1v) is 8.03. The first-order chi connectivity index (χ1) is 8.26. The summed E-state index contributed by atoms with van der Waals surface area (Å²) in [7, 11) is 0. The van der Waals surface area contributed by atoms with Gasteiger partial charge in [-0.05, 0) is 32.2 Å². The van der Waals surface area contributed by atoms with Crippen LogP contribution in [0.2, 0.25) is 0 Å². The fraction of sp³-hybridized carbons (Fsp3) is 0.583. The molecule has 0 unspecified atom stereocenters. The smallest absolute Gasteiger partial charge is 0.191 e. The number of nitrogens with zero attached hydrogens (tertiary/aromatic N) is 1. The second kappa shape index (κ2) is 10.9. The molecule has 1 aromatic heterocycles. The highest BCUT2D eigenvalue weighted by Crippen LogP contribution is 2.15. The predicted molar refractivity (Wildman–Crippen MR) is 95.7 cm³/mol. The second-order valence-corrected chi connectivity index (χ2v) is 5.99. The van der Waals surface area contributed by atoms with Crippen LogP contribution in [0.1, 0.15) is 16.7 Å². The summed E-state index contributed by atoms with van der Waals surface area (Å²) in [4.78, 5) is 7.22. The Hall–Kier alpha value is 0.0500. The van der Waals surface area contributed by atoms with Crippen molar-refractivity contribution in [3.8, 4) is 0 Å². The maximum atomic E-state index is 4.56. The van der Waals surface area contributed by atoms with Gasteiger partial charge in [-0.15, -0.1) is 35.3 Å². The molecule has 6 heteroatoms. The van der Waals surface area contributed by atoms with Gasteiger partial charge in [0.05, 0.1) is 6.54 Å². The third-order valence-electron chi connectivity index (χ3n) is 2.13. The van der Waals surface area contributed by atoms with Crippen molar-refractivity contribution in [3.05, 3.63) is 21.9 Å². The van der Waals surface area contributed by atoms with Gasteiger partial charge in [0.1, 0.15) is 0 Å². The number of halogens is 1. The molecule has 18 heavy (non-hydrogen) atoms. The molecule has 0 aliphatic rings. The van der Waals surface area contributed by atoms with Crippen LogP contribution in [0.3, 0.4) is 0 Å². The summed E-state index contributed by atoms with van der Waals surface area (Å²) in [5.41, 5.74) is 0. The van der Waals surface area contributed by atoms with Gasteiger partial charge in [-0.1, -0.05) is 0 Å². The number of hydrogen-bond donors (Lipinski definition) is 2. The molecule has 1 aromatic rings. The molecule has 0 amide bonds. The first kappa shape index (κ1) is 18.0. The third kappa shape index (κ3) is 7.48. The van der Waals surface area contributed by atoms with E-state index in [1.165, 1.54) is 9.75 Å². The van der Waals surface area contributed by atoms with E-state index in [0.29, 0.717) is 0 Å². The molecule has 0 saturated carbocycles. The largest absolute Gasteiger partial charge is 0.357 e. The monoisotopic (exact) mass is 399 g/mol. The Labute approximate surface area is 135 Å². The summed E-state index contributed by atoms with van der Waals surface area (Å²) >= 11 is 3.65. The number of guanidine groups is 1. The number of nitrogens with one attached hydrogen (secondary N) is 2. The average Bonchev–Trinajstić information content (AvgIpc) is 2.72. The van der Waals surface area contributed by atoms with Crippen LogP contribution in [0.15, 0.2) is 17.1 Å². The SMILES string of the molecule is CCNC(=NCc1ccc(C)s1)NCCSC.I. The van der Waals surface area contributed by atoms with Gasteiger partial charge in [-0.25, -0.2) is 4.99 Å². The van der Waals surface area contributed by atoms with Gasteiger partial charge in [0, 0.05) is 28.6 Å². The quantitative estimate of drug-likeness (QED) is 0.334. The van der Waals surface area contributed by atoms with E-state index >= 15 is 0 Å². The van der Waals surface area contributed by atoms with Crippen LogP contribution in [0.5, 0.6) is 0 Å². The van der Waals surface area contributed by atoms with Gasteiger partial charge < -0.3 is 10.6 Å². The number of aryl methyl sites for hydroxylation is 1. The molecule has 0 bridgehead atoms. The summed E-state index contributed by atoms with van der Waals surface area (Å²) in [6, 6.07) is 4.29. The van der Waals surface area contributed by atoms with Gasteiger partial charge in [0.15, 0.2) is 5.96 Å². The Morgan fingerprint density at radius 2 is 2.17 bits per heavy atom. The normalized spacial score (nSPS) is 10.9. The molecule has 2 N–H and O–H groups in total. The van der Waals surface area contributed by atoms with E-state index in [1.807, 2.05) is 23.1 Å². The minimum atomic E-state index is 0. The van der Waals surface area contributed by atoms with E-state index in [4.69, 9.17) is 0 Å². The molecule has 0 aromatic carbocycles. The maximum Gasteiger partial charge on any atom is 0.191 e. The molecule has 0 atom stereocenters. The minimum Gasteiger partial charge on any atom is -0.357 e. The molecule has 0 radical (unpaired) electrons. The number of hydrogen-bond acceptors (Lipinski definition) is 3. The predicted octanol–water partition coefficient (Wildman–Crippen LogP) is 3.09. The zero-order valence-electron chi connectivity index (χ0n) is 11.2. The standard InChI is InChI=1S/C12H21N3S2.HI/c1-4-13-12(14-7-8-16-3)15-9-11-6-5-10(2)17-11;/h5-6H,4,7-9H2,1-3H3,(H2,13,14,15);1H. The summed E-state index contributed by atoms with van der Waals surface area (Å²) in [6.07, 6.45) is 2.11. The van der Waals surface area contributed by atoms with Gasteiger partial charge in [-0.2, -0.15) is 11.8 Å². The maximum absolute atomic E-state index is 4.56. The van der Waals surface area contributed by atoms with Crippen molar-refractivity contribution >= 4 is 53.0 Å². The van der Waals surface area contributed by atoms with Crippen molar-refractivity contribution in [2.24, 2.45) is 4.99 Å². The Morgan fingerprint density at radius 3 is 2.72 bits per heavy atom. The van der Waals surface area contributed by atoms with Crippen LogP contribution in [0, 0.1) is 6.92 Å². The van der Waals surface area contributed by atoms with Crippen molar-refractivity contribution in [1.29, 1.82) is 0 Å². The molecule has 104 valence electrons. The Kier molecular flexibility index (Phi) is 11.0. The zero-order valence-corrected chi connectivity index (χ0v) is 15.1. The lowest BCUT2D eigenvalue weighted by Crippen LogP contribution is -2.38. The van der Waals surface area contributed by atoms with E-state index in [1.54, 1.807) is 0 Å². The van der Waals surface area contributed by atoms with Crippen LogP contribution in [-0.4, -0.2) is 31.1 Å². The van der Waals surface area contributed by atoms with E-state index in [2.05, 4.69) is 47.9 Å². The number of thiophene rings is 1. The fourth-order valence-corrected chi connectivity index (χ4v) is 2.46. The molecular formula is C12H22IN3S2. The third-order valence-corrected chi connectivity index (χ3v) is 3.73. The lowest BCUT2D eigenvalue weighted by atomic mass is 10.4. The fourth-order valence-electron chi connectivity index (χ4n) is 1.34. The zero-order chi connectivity index (χ0) is 12.5. The van der Waals surface area contributed by atoms with Gasteiger partial charge in [0.2, 0.25) is 0 Å². The Balaban J connectivity index is 0.00000289. The lowest BCUT2D eigenvalue weighted by molar-refractivity contribution is 0.845. The molecule has 1 rings (SSSR count). The molecule has 0 aliphatic carbocycles. The van der Waals surface area contributed by atoms with Gasteiger partial charge >= 0.3 is 0 Å². The van der Waals surface area contributed by atoms with E-state index in [0.717, 1.165) is 31.3 Å². The second-order valence-electron chi connectivity index (χ2n) is 3.63. The van der Waals surface area contributed by atoms with Gasteiger partial charge in [-0.3, -0.25) is 0 Å². The van der Waals surface area contributed by atoms with Gasteiger partial charge in [0.25, 0.3) is 0 Å². The topological polar surface area (TPSA) is 36.4 Å². The van der Waals surface area contributed by atoms with E-state index in [-0.39, 0.29) is 24.0 Å². The van der Waals surface area contributed by atoms with Crippen LogP contribution >= 0.6 is 47.1 Å². The summed E-state index contributed by atoms with van der Waals surface area (Å²) in [6.45, 7) is 6.82. The summed E-state index contributed by atoms with van der Waals surface area (Å²) in [5, 5.41) is 6.57. The van der Waals surface area contributed by atoms with Crippen LogP contribution in [0.4, 0.5) is 0 Å². The van der Waals surface area contributed by atoms with Crippen molar-refractivity contribution in [3.63, 3.8) is 0 Å². The molecule has 0 saturated heterocycles. The number of rotatable bonds is 6. The van der Waals surface area contributed by atoms with Crippen LogP contribution in [0.25, 0.3) is 0 Å². The highest BCUT2D eigenvalue weighted by Gasteiger charge is 1.98. The molecule has 1 heterocycles. The highest BCUT2D eigenvalue weighted by molar-refractivity contribution is 14.0. The Morgan fingerprint density at radius 1 is 1.39 bits per heavy atom. The minimum absolute atomic E-state index is 0.